The Bertz CT molecular complexity index is 62.1. The second kappa shape index (κ2) is 5.90. The summed E-state index contributed by atoms with van der Waals surface area (Å²) >= 11 is 3.65. The molecule has 5 heteroatoms. The summed E-state index contributed by atoms with van der Waals surface area (Å²) in [6.07, 6.45) is 0. The normalized spacial score (nSPS) is 6.80. The third-order valence-electron chi connectivity index (χ3n) is 0. The van der Waals surface area contributed by atoms with E-state index >= 15 is 0 Å². The number of hydrogen-bond donors (Lipinski definition) is 1. The van der Waals surface area contributed by atoms with Gasteiger partial charge in [-0.15, -0.1) is 0 Å². The molecule has 0 fully saturated rings. The molecule has 0 aromatic rings. The standard InChI is InChI=1S/Ba.HO2S2.2H/c;1-4(2)3;;/h;(H,1,2,3);;/q+2;3*-1. The Kier molecular flexibility index (Phi) is 11.8. The summed E-state index contributed by atoms with van der Waals surface area (Å²) in [4.78, 5) is 0. The van der Waals surface area contributed by atoms with Crippen LogP contribution in [0.2, 0.25) is 0 Å². The molecule has 0 heterocycles. The Morgan fingerprint density at radius 3 is 2.00 bits per heavy atom. The second-order valence-electron chi connectivity index (χ2n) is 0.217. The topological polar surface area (TPSA) is 37.3 Å². The molecule has 0 aliphatic rings. The van der Waals surface area contributed by atoms with Crippen LogP contribution in [-0.4, -0.2) is 53.4 Å². The molecule has 0 saturated heterocycles. The molecule has 0 radical (unpaired) electrons. The maximum atomic E-state index is 8.93. The van der Waals surface area contributed by atoms with Crippen molar-refractivity contribution in [1.82, 2.24) is 0 Å². The minimum atomic E-state index is -2.03. The van der Waals surface area contributed by atoms with Crippen LogP contribution in [0.25, 0.3) is 0 Å². The van der Waals surface area contributed by atoms with Crippen molar-refractivity contribution in [3.63, 3.8) is 0 Å². The van der Waals surface area contributed by atoms with Gasteiger partial charge in [0.1, 0.15) is 0 Å². The average molecular weight is 236 g/mol. The maximum absolute atomic E-state index is 8.93. The molecule has 0 atom stereocenters. The molecule has 2 nitrogen and oxygen atoms in total. The zero-order valence-electron chi connectivity index (χ0n) is 4.38. The van der Waals surface area contributed by atoms with Crippen LogP contribution in [-0.2, 0) is 25.0 Å². The Morgan fingerprint density at radius 1 is 2.00 bits per heavy atom. The van der Waals surface area contributed by atoms with E-state index in [1.165, 1.54) is 0 Å². The number of hydrogen-bond acceptors (Lipinski definition) is 3. The molecule has 0 saturated carbocycles. The molecule has 0 aromatic carbocycles. The minimum Gasteiger partial charge on any atom is -1.00 e. The first kappa shape index (κ1) is 10.0. The van der Waals surface area contributed by atoms with Gasteiger partial charge < -0.3 is 11.6 Å². The van der Waals surface area contributed by atoms with Gasteiger partial charge in [-0.2, -0.15) is 0 Å². The zero-order chi connectivity index (χ0) is 3.58. The predicted octanol–water partition coefficient (Wildman–Crippen LogP) is -0.271. The van der Waals surface area contributed by atoms with E-state index < -0.39 is 9.64 Å². The van der Waals surface area contributed by atoms with Crippen molar-refractivity contribution < 1.29 is 11.6 Å². The van der Waals surface area contributed by atoms with Gasteiger partial charge in [0.2, 0.25) is 0 Å². The minimum absolute atomic E-state index is 0. The fourth-order valence-electron chi connectivity index (χ4n) is 0. The smallest absolute Gasteiger partial charge is 1.00 e. The third-order valence-corrected chi connectivity index (χ3v) is 0. The van der Waals surface area contributed by atoms with E-state index in [1.807, 2.05) is 0 Å². The SMILES string of the molecule is O=[S-](O)=S.[Ba+2].[H-].[H-]. The van der Waals surface area contributed by atoms with Crippen LogP contribution >= 0.6 is 0 Å². The molecule has 0 aliphatic heterocycles. The molecule has 1 N–H and O–H groups in total. The maximum Gasteiger partial charge on any atom is 2.00 e. The van der Waals surface area contributed by atoms with Crippen molar-refractivity contribution in [2.24, 2.45) is 0 Å². The van der Waals surface area contributed by atoms with Crippen molar-refractivity contribution >= 4 is 69.7 Å². The summed E-state index contributed by atoms with van der Waals surface area (Å²) in [6.45, 7) is 0. The Hall–Kier alpha value is 1.90. The second-order valence-corrected chi connectivity index (χ2v) is 1.51. The third kappa shape index (κ3) is 24.8. The van der Waals surface area contributed by atoms with Crippen LogP contribution in [0.3, 0.4) is 0 Å². The van der Waals surface area contributed by atoms with Gasteiger partial charge in [0.25, 0.3) is 0 Å². The fourth-order valence-corrected chi connectivity index (χ4v) is 0. The zero-order valence-corrected chi connectivity index (χ0v) is 8.45. The summed E-state index contributed by atoms with van der Waals surface area (Å²) < 4.78 is 16.3. The molecule has 0 rings (SSSR count). The van der Waals surface area contributed by atoms with Crippen LogP contribution in [0.1, 0.15) is 2.85 Å². The van der Waals surface area contributed by atoms with Crippen molar-refractivity contribution in [3.05, 3.63) is 0 Å². The molecular weight excluding hydrogens is 233 g/mol. The van der Waals surface area contributed by atoms with E-state index in [9.17, 15) is 0 Å². The van der Waals surface area contributed by atoms with Gasteiger partial charge in [-0.25, -0.2) is 11.2 Å². The van der Waals surface area contributed by atoms with Gasteiger partial charge in [-0.1, -0.05) is 9.64 Å². The van der Waals surface area contributed by atoms with Gasteiger partial charge >= 0.3 is 48.9 Å². The first-order chi connectivity index (χ1) is 1.73. The summed E-state index contributed by atoms with van der Waals surface area (Å²) in [5, 5.41) is 0. The fraction of sp³-hybridized carbons (Fsp3) is 0. The van der Waals surface area contributed by atoms with E-state index in [4.69, 9.17) is 8.76 Å². The molecule has 0 aliphatic carbocycles. The first-order valence-corrected chi connectivity index (χ1v) is 2.55. The Morgan fingerprint density at radius 2 is 2.00 bits per heavy atom. The van der Waals surface area contributed by atoms with E-state index in [0.717, 1.165) is 0 Å². The summed E-state index contributed by atoms with van der Waals surface area (Å²) in [5.74, 6) is 0. The summed E-state index contributed by atoms with van der Waals surface area (Å²) in [6, 6.07) is 0. The first-order valence-electron chi connectivity index (χ1n) is 0.516. The van der Waals surface area contributed by atoms with Crippen molar-refractivity contribution in [2.75, 3.05) is 0 Å². The van der Waals surface area contributed by atoms with Crippen molar-refractivity contribution in [3.8, 4) is 0 Å². The van der Waals surface area contributed by atoms with Crippen LogP contribution in [0.15, 0.2) is 0 Å². The van der Waals surface area contributed by atoms with Gasteiger partial charge in [0, 0.05) is 0 Å². The molecule has 30 valence electrons. The van der Waals surface area contributed by atoms with Gasteiger partial charge in [0.15, 0.2) is 0 Å². The molecule has 0 amide bonds. The molecule has 0 spiro atoms. The van der Waals surface area contributed by atoms with Crippen molar-refractivity contribution in [2.45, 2.75) is 0 Å². The largest absolute Gasteiger partial charge is 2.00 e. The van der Waals surface area contributed by atoms with E-state index in [1.54, 1.807) is 0 Å². The average Bonchev–Trinajstić information content (AvgIpc) is 0.811. The molecule has 0 aromatic heterocycles. The quantitative estimate of drug-likeness (QED) is 0.357. The summed E-state index contributed by atoms with van der Waals surface area (Å²) in [7, 11) is -2.03. The molecule has 0 unspecified atom stereocenters. The molecular formula is H3BaO2S2-. The van der Waals surface area contributed by atoms with Crippen LogP contribution < -0.4 is 0 Å². The monoisotopic (exact) mass is 237 g/mol. The van der Waals surface area contributed by atoms with E-state index in [2.05, 4.69) is 11.2 Å². The molecule has 0 bridgehead atoms. The van der Waals surface area contributed by atoms with Gasteiger partial charge in [0.05, 0.1) is 0 Å². The van der Waals surface area contributed by atoms with E-state index in [-0.39, 0.29) is 51.7 Å². The van der Waals surface area contributed by atoms with Crippen molar-refractivity contribution in [1.29, 1.82) is 0 Å². The summed E-state index contributed by atoms with van der Waals surface area (Å²) in [5.41, 5.74) is 0. The predicted molar refractivity (Wildman–Crippen MR) is 26.0 cm³/mol. The van der Waals surface area contributed by atoms with Gasteiger partial charge in [-0.3, -0.25) is 0 Å². The molecule has 5 heavy (non-hydrogen) atoms. The van der Waals surface area contributed by atoms with Crippen LogP contribution in [0, 0.1) is 0 Å². The Balaban J connectivity index is -0.0000000150. The van der Waals surface area contributed by atoms with E-state index in [0.29, 0.717) is 0 Å². The van der Waals surface area contributed by atoms with Gasteiger partial charge in [-0.05, 0) is 0 Å². The Labute approximate surface area is 79.9 Å². The van der Waals surface area contributed by atoms with Crippen LogP contribution in [0.4, 0.5) is 0 Å². The number of rotatable bonds is 0. The van der Waals surface area contributed by atoms with Crippen LogP contribution in [0.5, 0.6) is 0 Å².